The average Bonchev–Trinajstić information content (AvgIpc) is 3.15. The van der Waals surface area contributed by atoms with Crippen LogP contribution in [0.3, 0.4) is 0 Å². The van der Waals surface area contributed by atoms with E-state index in [1.807, 2.05) is 18.2 Å². The van der Waals surface area contributed by atoms with Gasteiger partial charge >= 0.3 is 12.0 Å². The molecule has 0 unspecified atom stereocenters. The Balaban J connectivity index is 1.88. The lowest BCUT2D eigenvalue weighted by Gasteiger charge is -2.30. The van der Waals surface area contributed by atoms with E-state index in [9.17, 15) is 9.59 Å². The monoisotopic (exact) mass is 389 g/mol. The van der Waals surface area contributed by atoms with Crippen LogP contribution in [0.15, 0.2) is 29.5 Å². The summed E-state index contributed by atoms with van der Waals surface area (Å²) in [6.45, 7) is 3.52. The van der Waals surface area contributed by atoms with Gasteiger partial charge < -0.3 is 24.8 Å². The standard InChI is InChI=1S/C20H27N3O5/c1-4-28-19(24)15-11-21-20(25)22-16(15)12-23-9-5-6-17(23)14-10-13(26-2)7-8-18(14)27-3/h7-8,10,17H,4-6,9,11-12H2,1-3H3,(H2,21,22,25)/t17-/m1/s1. The molecule has 2 amide bonds. The Morgan fingerprint density at radius 1 is 1.29 bits per heavy atom. The maximum absolute atomic E-state index is 12.3. The van der Waals surface area contributed by atoms with Gasteiger partial charge in [0, 0.05) is 23.8 Å². The molecule has 0 aliphatic carbocycles. The summed E-state index contributed by atoms with van der Waals surface area (Å²) in [6.07, 6.45) is 1.97. The Morgan fingerprint density at radius 2 is 2.11 bits per heavy atom. The predicted octanol–water partition coefficient (Wildman–Crippen LogP) is 1.97. The van der Waals surface area contributed by atoms with E-state index in [0.717, 1.165) is 36.4 Å². The van der Waals surface area contributed by atoms with E-state index in [0.29, 0.717) is 17.8 Å². The summed E-state index contributed by atoms with van der Waals surface area (Å²) in [7, 11) is 3.29. The number of benzene rings is 1. The third-order valence-electron chi connectivity index (χ3n) is 5.10. The molecule has 0 saturated carbocycles. The first-order valence-electron chi connectivity index (χ1n) is 9.47. The molecule has 0 aromatic heterocycles. The van der Waals surface area contributed by atoms with Crippen LogP contribution in [0.5, 0.6) is 11.5 Å². The molecule has 1 fully saturated rings. The van der Waals surface area contributed by atoms with Crippen LogP contribution >= 0.6 is 0 Å². The fraction of sp³-hybridized carbons (Fsp3) is 0.500. The number of methoxy groups -OCH3 is 2. The lowest BCUT2D eigenvalue weighted by molar-refractivity contribution is -0.138. The van der Waals surface area contributed by atoms with Gasteiger partial charge in [-0.2, -0.15) is 0 Å². The number of ether oxygens (including phenoxy) is 3. The van der Waals surface area contributed by atoms with Crippen molar-refractivity contribution in [3.63, 3.8) is 0 Å². The van der Waals surface area contributed by atoms with E-state index in [4.69, 9.17) is 14.2 Å². The van der Waals surface area contributed by atoms with Crippen LogP contribution in [0.2, 0.25) is 0 Å². The molecule has 0 spiro atoms. The van der Waals surface area contributed by atoms with Gasteiger partial charge in [-0.15, -0.1) is 0 Å². The van der Waals surface area contributed by atoms with Gasteiger partial charge in [0.15, 0.2) is 0 Å². The Labute approximate surface area is 164 Å². The molecule has 2 aliphatic rings. The maximum atomic E-state index is 12.3. The summed E-state index contributed by atoms with van der Waals surface area (Å²) in [5.41, 5.74) is 2.10. The Morgan fingerprint density at radius 3 is 2.82 bits per heavy atom. The van der Waals surface area contributed by atoms with Crippen molar-refractivity contribution in [2.45, 2.75) is 25.8 Å². The number of esters is 1. The predicted molar refractivity (Wildman–Crippen MR) is 103 cm³/mol. The quantitative estimate of drug-likeness (QED) is 0.693. The van der Waals surface area contributed by atoms with Gasteiger partial charge in [-0.1, -0.05) is 0 Å². The first kappa shape index (κ1) is 20.0. The van der Waals surface area contributed by atoms with Crippen molar-refractivity contribution in [1.82, 2.24) is 15.5 Å². The van der Waals surface area contributed by atoms with Crippen LogP contribution in [0.4, 0.5) is 4.79 Å². The second-order valence-corrected chi connectivity index (χ2v) is 6.72. The van der Waals surface area contributed by atoms with Gasteiger partial charge in [0.05, 0.1) is 32.9 Å². The second-order valence-electron chi connectivity index (χ2n) is 6.72. The number of amides is 2. The lowest BCUT2D eigenvalue weighted by Crippen LogP contribution is -2.46. The molecule has 8 nitrogen and oxygen atoms in total. The number of urea groups is 1. The summed E-state index contributed by atoms with van der Waals surface area (Å²) in [6, 6.07) is 5.56. The highest BCUT2D eigenvalue weighted by atomic mass is 16.5. The van der Waals surface area contributed by atoms with E-state index in [2.05, 4.69) is 15.5 Å². The SMILES string of the molecule is CCOC(=O)C1=C(CN2CCC[C@@H]2c2cc(OC)ccc2OC)NC(=O)NC1. The molecule has 1 aromatic carbocycles. The number of hydrogen-bond donors (Lipinski definition) is 2. The van der Waals surface area contributed by atoms with Crippen LogP contribution in [-0.4, -0.2) is 57.4 Å². The molecule has 152 valence electrons. The molecule has 0 bridgehead atoms. The molecule has 1 aromatic rings. The number of nitrogens with one attached hydrogen (secondary N) is 2. The lowest BCUT2D eigenvalue weighted by atomic mass is 10.0. The summed E-state index contributed by atoms with van der Waals surface area (Å²) in [5.74, 6) is 1.16. The molecule has 8 heteroatoms. The molecule has 2 aliphatic heterocycles. The van der Waals surface area contributed by atoms with Crippen molar-refractivity contribution in [2.75, 3.05) is 40.5 Å². The third kappa shape index (κ3) is 4.22. The van der Waals surface area contributed by atoms with Crippen LogP contribution in [0.1, 0.15) is 31.4 Å². The summed E-state index contributed by atoms with van der Waals surface area (Å²) >= 11 is 0. The van der Waals surface area contributed by atoms with Gasteiger partial charge in [0.25, 0.3) is 0 Å². The molecule has 1 saturated heterocycles. The average molecular weight is 389 g/mol. The highest BCUT2D eigenvalue weighted by Crippen LogP contribution is 2.39. The van der Waals surface area contributed by atoms with Gasteiger partial charge in [-0.3, -0.25) is 4.90 Å². The highest BCUT2D eigenvalue weighted by Gasteiger charge is 2.32. The zero-order valence-electron chi connectivity index (χ0n) is 16.5. The Hall–Kier alpha value is -2.74. The van der Waals surface area contributed by atoms with E-state index in [1.165, 1.54) is 0 Å². The van der Waals surface area contributed by atoms with Crippen molar-refractivity contribution in [3.8, 4) is 11.5 Å². The summed E-state index contributed by atoms with van der Waals surface area (Å²) < 4.78 is 16.1. The topological polar surface area (TPSA) is 89.1 Å². The van der Waals surface area contributed by atoms with Crippen LogP contribution in [-0.2, 0) is 9.53 Å². The van der Waals surface area contributed by atoms with Crippen LogP contribution < -0.4 is 20.1 Å². The number of carbonyl (C=O) groups excluding carboxylic acids is 2. The minimum atomic E-state index is -0.403. The van der Waals surface area contributed by atoms with E-state index < -0.39 is 5.97 Å². The molecule has 3 rings (SSSR count). The van der Waals surface area contributed by atoms with Crippen molar-refractivity contribution in [1.29, 1.82) is 0 Å². The zero-order chi connectivity index (χ0) is 20.1. The Kier molecular flexibility index (Phi) is 6.41. The van der Waals surface area contributed by atoms with Gasteiger partial charge in [-0.05, 0) is 44.5 Å². The number of hydrogen-bond acceptors (Lipinski definition) is 6. The maximum Gasteiger partial charge on any atom is 0.337 e. The second kappa shape index (κ2) is 8.97. The summed E-state index contributed by atoms with van der Waals surface area (Å²) in [5, 5.41) is 5.43. The molecule has 2 heterocycles. The number of rotatable bonds is 7. The number of carbonyl (C=O) groups is 2. The van der Waals surface area contributed by atoms with E-state index >= 15 is 0 Å². The van der Waals surface area contributed by atoms with E-state index in [1.54, 1.807) is 21.1 Å². The molecule has 0 radical (unpaired) electrons. The van der Waals surface area contributed by atoms with Gasteiger partial charge in [0.2, 0.25) is 0 Å². The van der Waals surface area contributed by atoms with Gasteiger partial charge in [0.1, 0.15) is 11.5 Å². The highest BCUT2D eigenvalue weighted by molar-refractivity contribution is 5.93. The van der Waals surface area contributed by atoms with Gasteiger partial charge in [-0.25, -0.2) is 9.59 Å². The van der Waals surface area contributed by atoms with E-state index in [-0.39, 0.29) is 25.2 Å². The molecule has 1 atom stereocenters. The van der Waals surface area contributed by atoms with Crippen LogP contribution in [0.25, 0.3) is 0 Å². The number of nitrogens with zero attached hydrogens (tertiary/aromatic N) is 1. The first-order chi connectivity index (χ1) is 13.6. The van der Waals surface area contributed by atoms with Crippen LogP contribution in [0, 0.1) is 0 Å². The third-order valence-corrected chi connectivity index (χ3v) is 5.10. The minimum absolute atomic E-state index is 0.104. The molecular formula is C20H27N3O5. The normalized spacial score (nSPS) is 19.8. The minimum Gasteiger partial charge on any atom is -0.497 e. The van der Waals surface area contributed by atoms with Crippen molar-refractivity contribution in [3.05, 3.63) is 35.0 Å². The fourth-order valence-corrected chi connectivity index (χ4v) is 3.75. The zero-order valence-corrected chi connectivity index (χ0v) is 16.5. The summed E-state index contributed by atoms with van der Waals surface area (Å²) in [4.78, 5) is 26.4. The molecular weight excluding hydrogens is 362 g/mol. The molecule has 28 heavy (non-hydrogen) atoms. The van der Waals surface area contributed by atoms with Crippen molar-refractivity contribution in [2.24, 2.45) is 0 Å². The Bertz CT molecular complexity index is 777. The fourth-order valence-electron chi connectivity index (χ4n) is 3.75. The largest absolute Gasteiger partial charge is 0.497 e. The number of likely N-dealkylation sites (tertiary alicyclic amines) is 1. The smallest absolute Gasteiger partial charge is 0.337 e. The molecule has 2 N–H and O–H groups in total. The first-order valence-corrected chi connectivity index (χ1v) is 9.47. The van der Waals surface area contributed by atoms with Crippen molar-refractivity contribution >= 4 is 12.0 Å². The van der Waals surface area contributed by atoms with Crippen molar-refractivity contribution < 1.29 is 23.8 Å².